The summed E-state index contributed by atoms with van der Waals surface area (Å²) in [6, 6.07) is 0. The average Bonchev–Trinajstić information content (AvgIpc) is 2.99. The zero-order chi connectivity index (χ0) is 18.1. The number of hydroxylamine groups is 1. The molecular weight excluding hydrogens is 367 g/mol. The Morgan fingerprint density at radius 1 is 1.50 bits per heavy atom. The molecule has 0 aliphatic carbocycles. The Morgan fingerprint density at radius 2 is 2.17 bits per heavy atom. The molecule has 1 N–H and O–H groups in total. The van der Waals surface area contributed by atoms with Gasteiger partial charge in [0.05, 0.1) is 22.6 Å². The first-order chi connectivity index (χ1) is 11.1. The molecule has 0 aromatic carbocycles. The second kappa shape index (κ2) is 7.05. The number of hydrogen-bond acceptors (Lipinski definition) is 5. The third-order valence-electron chi connectivity index (χ3n) is 3.16. The van der Waals surface area contributed by atoms with Gasteiger partial charge in [-0.3, -0.25) is 10.3 Å². The molecule has 0 fully saturated rings. The zero-order valence-electron chi connectivity index (χ0n) is 13.7. The van der Waals surface area contributed by atoms with Crippen molar-refractivity contribution in [1.82, 2.24) is 15.3 Å². The second-order valence-electron chi connectivity index (χ2n) is 5.87. The fourth-order valence-electron chi connectivity index (χ4n) is 2.07. The Balaban J connectivity index is 2.26. The van der Waals surface area contributed by atoms with Gasteiger partial charge < -0.3 is 4.74 Å². The summed E-state index contributed by atoms with van der Waals surface area (Å²) in [5, 5.41) is 4.19. The molecule has 1 aliphatic heterocycles. The Bertz CT molecular complexity index is 634. The van der Waals surface area contributed by atoms with Crippen molar-refractivity contribution < 1.29 is 22.7 Å². The van der Waals surface area contributed by atoms with E-state index in [0.29, 0.717) is 5.03 Å². The first-order valence-electron chi connectivity index (χ1n) is 7.21. The second-order valence-corrected chi connectivity index (χ2v) is 7.15. The Labute approximate surface area is 147 Å². The summed E-state index contributed by atoms with van der Waals surface area (Å²) in [5.41, 5.74) is 1.07. The average molecular weight is 386 g/mol. The summed E-state index contributed by atoms with van der Waals surface area (Å²) < 4.78 is 46.4. The Hall–Kier alpha value is -1.06. The van der Waals surface area contributed by atoms with Crippen molar-refractivity contribution >= 4 is 23.4 Å². The predicted octanol–water partition coefficient (Wildman–Crippen LogP) is 3.83. The molecule has 0 spiro atoms. The molecule has 1 aliphatic rings. The standard InChI is InChI=1S/C14H19ClF3N3O2S/c1-8(2)22-12-9(11(14(16,17)18)19-21(12)4)6-24-10-5-13(3,7-15)23-20-10/h5,8,20H,6-7H2,1-4H3. The van der Waals surface area contributed by atoms with Gasteiger partial charge in [0.25, 0.3) is 0 Å². The number of aromatic nitrogens is 2. The van der Waals surface area contributed by atoms with Gasteiger partial charge >= 0.3 is 6.18 Å². The fraction of sp³-hybridized carbons (Fsp3) is 0.643. The maximum Gasteiger partial charge on any atom is 0.435 e. The maximum atomic E-state index is 13.2. The molecule has 0 bridgehead atoms. The Kier molecular flexibility index (Phi) is 5.66. The van der Waals surface area contributed by atoms with Crippen LogP contribution < -0.4 is 10.2 Å². The van der Waals surface area contributed by atoms with E-state index in [-0.39, 0.29) is 29.2 Å². The van der Waals surface area contributed by atoms with Crippen LogP contribution in [0.2, 0.25) is 0 Å². The molecule has 0 saturated carbocycles. The van der Waals surface area contributed by atoms with Crippen molar-refractivity contribution in [2.24, 2.45) is 7.05 Å². The number of thioether (sulfide) groups is 1. The van der Waals surface area contributed by atoms with Gasteiger partial charge in [-0.15, -0.1) is 23.4 Å². The lowest BCUT2D eigenvalue weighted by atomic mass is 10.1. The van der Waals surface area contributed by atoms with Gasteiger partial charge in [0, 0.05) is 12.8 Å². The van der Waals surface area contributed by atoms with Crippen molar-refractivity contribution in [2.45, 2.75) is 44.4 Å². The molecule has 2 rings (SSSR count). The van der Waals surface area contributed by atoms with E-state index in [2.05, 4.69) is 10.6 Å². The molecule has 5 nitrogen and oxygen atoms in total. The Morgan fingerprint density at radius 3 is 2.67 bits per heavy atom. The topological polar surface area (TPSA) is 48.3 Å². The summed E-state index contributed by atoms with van der Waals surface area (Å²) in [4.78, 5) is 5.32. The molecule has 2 heterocycles. The summed E-state index contributed by atoms with van der Waals surface area (Å²) in [6.45, 7) is 5.27. The quantitative estimate of drug-likeness (QED) is 0.754. The fourth-order valence-corrected chi connectivity index (χ4v) is 3.20. The molecule has 24 heavy (non-hydrogen) atoms. The number of aryl methyl sites for hydroxylation is 1. The highest BCUT2D eigenvalue weighted by Gasteiger charge is 2.40. The lowest BCUT2D eigenvalue weighted by Crippen LogP contribution is -2.27. The van der Waals surface area contributed by atoms with Crippen molar-refractivity contribution in [3.63, 3.8) is 0 Å². The SMILES string of the molecule is CC(C)Oc1c(CSC2=CC(C)(CCl)ON2)c(C(F)(F)F)nn1C. The van der Waals surface area contributed by atoms with E-state index in [1.165, 1.54) is 18.8 Å². The molecule has 1 aromatic rings. The van der Waals surface area contributed by atoms with Gasteiger partial charge in [-0.05, 0) is 26.8 Å². The predicted molar refractivity (Wildman–Crippen MR) is 86.7 cm³/mol. The van der Waals surface area contributed by atoms with Crippen molar-refractivity contribution in [1.29, 1.82) is 0 Å². The van der Waals surface area contributed by atoms with Gasteiger partial charge in [-0.2, -0.15) is 18.3 Å². The number of nitrogens with zero attached hydrogens (tertiary/aromatic N) is 2. The molecule has 136 valence electrons. The summed E-state index contributed by atoms with van der Waals surface area (Å²) in [5.74, 6) is 0.377. The van der Waals surface area contributed by atoms with Crippen LogP contribution in [0.5, 0.6) is 5.88 Å². The first kappa shape index (κ1) is 19.3. The molecule has 1 unspecified atom stereocenters. The summed E-state index contributed by atoms with van der Waals surface area (Å²) in [6.07, 6.45) is -3.07. The van der Waals surface area contributed by atoms with Crippen LogP contribution in [0, 0.1) is 0 Å². The minimum Gasteiger partial charge on any atom is -0.475 e. The normalized spacial score (nSPS) is 21.1. The van der Waals surface area contributed by atoms with Crippen molar-refractivity contribution in [2.75, 3.05) is 5.88 Å². The number of ether oxygens (including phenoxy) is 1. The number of hydrogen-bond donors (Lipinski definition) is 1. The van der Waals surface area contributed by atoms with Crippen LogP contribution in [-0.2, 0) is 23.8 Å². The highest BCUT2D eigenvalue weighted by molar-refractivity contribution is 8.02. The molecule has 10 heteroatoms. The van der Waals surface area contributed by atoms with Crippen LogP contribution >= 0.6 is 23.4 Å². The highest BCUT2D eigenvalue weighted by atomic mass is 35.5. The van der Waals surface area contributed by atoms with Gasteiger partial charge in [-0.25, -0.2) is 4.68 Å². The van der Waals surface area contributed by atoms with E-state index in [0.717, 1.165) is 4.68 Å². The van der Waals surface area contributed by atoms with Crippen molar-refractivity contribution in [3.05, 3.63) is 22.4 Å². The third-order valence-corrected chi connectivity index (χ3v) is 4.64. The number of halogens is 4. The largest absolute Gasteiger partial charge is 0.475 e. The lowest BCUT2D eigenvalue weighted by molar-refractivity contribution is -0.141. The van der Waals surface area contributed by atoms with Gasteiger partial charge in [0.15, 0.2) is 5.69 Å². The monoisotopic (exact) mass is 385 g/mol. The van der Waals surface area contributed by atoms with E-state index in [9.17, 15) is 13.2 Å². The number of alkyl halides is 4. The number of nitrogens with one attached hydrogen (secondary N) is 1. The highest BCUT2D eigenvalue weighted by Crippen LogP contribution is 2.39. The molecular formula is C14H19ClF3N3O2S. The van der Waals surface area contributed by atoms with E-state index in [1.54, 1.807) is 26.8 Å². The van der Waals surface area contributed by atoms with E-state index < -0.39 is 17.5 Å². The van der Waals surface area contributed by atoms with Crippen LogP contribution in [0.3, 0.4) is 0 Å². The minimum atomic E-state index is -4.55. The van der Waals surface area contributed by atoms with Gasteiger partial charge in [-0.1, -0.05) is 0 Å². The molecule has 0 radical (unpaired) electrons. The molecule has 1 atom stereocenters. The van der Waals surface area contributed by atoms with Crippen LogP contribution in [0.25, 0.3) is 0 Å². The van der Waals surface area contributed by atoms with Crippen LogP contribution in [0.4, 0.5) is 13.2 Å². The van der Waals surface area contributed by atoms with Crippen LogP contribution in [0.1, 0.15) is 32.0 Å². The number of rotatable bonds is 6. The van der Waals surface area contributed by atoms with E-state index in [4.69, 9.17) is 21.2 Å². The zero-order valence-corrected chi connectivity index (χ0v) is 15.3. The first-order valence-corrected chi connectivity index (χ1v) is 8.73. The summed E-state index contributed by atoms with van der Waals surface area (Å²) >= 11 is 6.97. The molecule has 0 amide bonds. The van der Waals surface area contributed by atoms with E-state index >= 15 is 0 Å². The lowest BCUT2D eigenvalue weighted by Gasteiger charge is -2.15. The smallest absolute Gasteiger partial charge is 0.435 e. The van der Waals surface area contributed by atoms with Crippen LogP contribution in [0.15, 0.2) is 11.1 Å². The van der Waals surface area contributed by atoms with Gasteiger partial charge in [0.1, 0.15) is 5.60 Å². The van der Waals surface area contributed by atoms with E-state index in [1.807, 2.05) is 0 Å². The summed E-state index contributed by atoms with van der Waals surface area (Å²) in [7, 11) is 1.43. The molecule has 1 aromatic heterocycles. The maximum absolute atomic E-state index is 13.2. The minimum absolute atomic E-state index is 0.00544. The molecule has 0 saturated heterocycles. The third kappa shape index (κ3) is 4.31. The van der Waals surface area contributed by atoms with Gasteiger partial charge in [0.2, 0.25) is 5.88 Å². The van der Waals surface area contributed by atoms with Crippen LogP contribution in [-0.4, -0.2) is 27.4 Å². The van der Waals surface area contributed by atoms with Crippen molar-refractivity contribution in [3.8, 4) is 5.88 Å².